The zero-order valence-corrected chi connectivity index (χ0v) is 16.3. The first kappa shape index (κ1) is 19.4. The average molecular weight is 398 g/mol. The Morgan fingerprint density at radius 1 is 0.964 bits per heavy atom. The standard InChI is InChI=1S/C20H18N2O5S/c1-25-13-8-9-15(17(11-13)27-3)22-19(24)14(18(23)21-20(22)28)10-12-6-4-5-7-16(12)26-2/h4-11H,1-3H3,(H,21,23,28)/b14-10+. The molecule has 1 N–H and O–H groups in total. The number of nitrogens with zero attached hydrogens (tertiary/aromatic N) is 1. The van der Waals surface area contributed by atoms with Crippen LogP contribution in [-0.4, -0.2) is 38.3 Å². The number of carbonyl (C=O) groups is 2. The molecule has 0 unspecified atom stereocenters. The third-order valence-electron chi connectivity index (χ3n) is 4.17. The van der Waals surface area contributed by atoms with Crippen molar-refractivity contribution in [2.24, 2.45) is 0 Å². The van der Waals surface area contributed by atoms with Crippen LogP contribution < -0.4 is 24.4 Å². The SMILES string of the molecule is COc1ccc(N2C(=O)/C(=C/c3ccccc3OC)C(=O)NC2=S)c(OC)c1. The van der Waals surface area contributed by atoms with Crippen molar-refractivity contribution in [3.8, 4) is 17.2 Å². The summed E-state index contributed by atoms with van der Waals surface area (Å²) >= 11 is 5.23. The molecule has 0 aromatic heterocycles. The van der Waals surface area contributed by atoms with Gasteiger partial charge in [-0.2, -0.15) is 0 Å². The number of thiocarbonyl (C=S) groups is 1. The second-order valence-corrected chi connectivity index (χ2v) is 6.12. The number of anilines is 1. The van der Waals surface area contributed by atoms with Crippen molar-refractivity contribution in [2.75, 3.05) is 26.2 Å². The summed E-state index contributed by atoms with van der Waals surface area (Å²) in [6.07, 6.45) is 1.47. The summed E-state index contributed by atoms with van der Waals surface area (Å²) in [4.78, 5) is 26.8. The minimum Gasteiger partial charge on any atom is -0.497 e. The number of amides is 2. The van der Waals surface area contributed by atoms with Crippen molar-refractivity contribution in [1.29, 1.82) is 0 Å². The molecule has 1 aliphatic rings. The minimum absolute atomic E-state index is 0.0318. The van der Waals surface area contributed by atoms with E-state index in [-0.39, 0.29) is 10.7 Å². The van der Waals surface area contributed by atoms with Gasteiger partial charge in [0.25, 0.3) is 11.8 Å². The molecule has 1 saturated heterocycles. The van der Waals surface area contributed by atoms with Crippen LogP contribution in [0.25, 0.3) is 6.08 Å². The molecule has 0 bridgehead atoms. The highest BCUT2D eigenvalue weighted by atomic mass is 32.1. The number of para-hydroxylation sites is 1. The van der Waals surface area contributed by atoms with Gasteiger partial charge in [-0.15, -0.1) is 0 Å². The predicted molar refractivity (Wildman–Crippen MR) is 109 cm³/mol. The summed E-state index contributed by atoms with van der Waals surface area (Å²) < 4.78 is 15.8. The highest BCUT2D eigenvalue weighted by molar-refractivity contribution is 7.80. The molecule has 0 spiro atoms. The lowest BCUT2D eigenvalue weighted by atomic mass is 10.1. The van der Waals surface area contributed by atoms with Crippen LogP contribution in [0.4, 0.5) is 5.69 Å². The number of rotatable bonds is 5. The monoisotopic (exact) mass is 398 g/mol. The van der Waals surface area contributed by atoms with E-state index in [0.717, 1.165) is 0 Å². The van der Waals surface area contributed by atoms with Crippen LogP contribution in [0.2, 0.25) is 0 Å². The number of carbonyl (C=O) groups excluding carboxylic acids is 2. The van der Waals surface area contributed by atoms with Gasteiger partial charge in [-0.3, -0.25) is 14.9 Å². The third-order valence-corrected chi connectivity index (χ3v) is 4.45. The van der Waals surface area contributed by atoms with Crippen LogP contribution in [0.1, 0.15) is 5.56 Å². The Balaban J connectivity index is 2.07. The average Bonchev–Trinajstić information content (AvgIpc) is 2.71. The summed E-state index contributed by atoms with van der Waals surface area (Å²) in [6, 6.07) is 12.0. The molecule has 8 heteroatoms. The molecule has 1 fully saturated rings. The normalized spacial score (nSPS) is 15.5. The van der Waals surface area contributed by atoms with Gasteiger partial charge in [-0.25, -0.2) is 4.90 Å². The molecular weight excluding hydrogens is 380 g/mol. The van der Waals surface area contributed by atoms with Crippen molar-refractivity contribution >= 4 is 40.9 Å². The summed E-state index contributed by atoms with van der Waals surface area (Å²) in [6.45, 7) is 0. The highest BCUT2D eigenvalue weighted by Gasteiger charge is 2.36. The van der Waals surface area contributed by atoms with Gasteiger partial charge in [0.1, 0.15) is 22.8 Å². The van der Waals surface area contributed by atoms with Gasteiger partial charge in [0.05, 0.1) is 27.0 Å². The fraction of sp³-hybridized carbons (Fsp3) is 0.150. The fourth-order valence-electron chi connectivity index (χ4n) is 2.79. The van der Waals surface area contributed by atoms with Gasteiger partial charge in [0.15, 0.2) is 5.11 Å². The van der Waals surface area contributed by atoms with Gasteiger partial charge in [-0.05, 0) is 36.5 Å². The molecule has 0 saturated carbocycles. The number of methoxy groups -OCH3 is 3. The van der Waals surface area contributed by atoms with Crippen LogP contribution in [-0.2, 0) is 9.59 Å². The molecule has 28 heavy (non-hydrogen) atoms. The topological polar surface area (TPSA) is 77.1 Å². The Morgan fingerprint density at radius 2 is 1.68 bits per heavy atom. The number of hydrogen-bond acceptors (Lipinski definition) is 6. The smallest absolute Gasteiger partial charge is 0.270 e. The lowest BCUT2D eigenvalue weighted by Gasteiger charge is -2.30. The lowest BCUT2D eigenvalue weighted by Crippen LogP contribution is -2.54. The Morgan fingerprint density at radius 3 is 2.36 bits per heavy atom. The van der Waals surface area contributed by atoms with Gasteiger partial charge in [-0.1, -0.05) is 18.2 Å². The largest absolute Gasteiger partial charge is 0.497 e. The van der Waals surface area contributed by atoms with Crippen molar-refractivity contribution < 1.29 is 23.8 Å². The lowest BCUT2D eigenvalue weighted by molar-refractivity contribution is -0.122. The molecule has 3 rings (SSSR count). The van der Waals surface area contributed by atoms with E-state index in [4.69, 9.17) is 26.4 Å². The third kappa shape index (κ3) is 3.54. The van der Waals surface area contributed by atoms with Crippen LogP contribution in [0.15, 0.2) is 48.0 Å². The molecule has 2 aromatic rings. The zero-order chi connectivity index (χ0) is 20.3. The maximum Gasteiger partial charge on any atom is 0.270 e. The van der Waals surface area contributed by atoms with E-state index in [1.54, 1.807) is 42.5 Å². The number of benzene rings is 2. The molecule has 0 atom stereocenters. The van der Waals surface area contributed by atoms with Crippen LogP contribution >= 0.6 is 12.2 Å². The fourth-order valence-corrected chi connectivity index (χ4v) is 3.06. The Kier molecular flexibility index (Phi) is 5.60. The second kappa shape index (κ2) is 8.10. The molecule has 2 amide bonds. The maximum atomic E-state index is 13.2. The number of hydrogen-bond donors (Lipinski definition) is 1. The Hall–Kier alpha value is -3.39. The molecule has 1 heterocycles. The summed E-state index contributed by atoms with van der Waals surface area (Å²) in [5.74, 6) is 0.331. The van der Waals surface area contributed by atoms with E-state index >= 15 is 0 Å². The van der Waals surface area contributed by atoms with Crippen LogP contribution in [0.3, 0.4) is 0 Å². The highest BCUT2D eigenvalue weighted by Crippen LogP contribution is 2.34. The van der Waals surface area contributed by atoms with Crippen molar-refractivity contribution in [1.82, 2.24) is 5.32 Å². The quantitative estimate of drug-likeness (QED) is 0.474. The van der Waals surface area contributed by atoms with E-state index in [0.29, 0.717) is 28.5 Å². The van der Waals surface area contributed by atoms with E-state index in [2.05, 4.69) is 5.32 Å². The Bertz CT molecular complexity index is 986. The van der Waals surface area contributed by atoms with E-state index in [9.17, 15) is 9.59 Å². The van der Waals surface area contributed by atoms with E-state index in [1.807, 2.05) is 0 Å². The number of nitrogens with one attached hydrogen (secondary N) is 1. The first-order valence-electron chi connectivity index (χ1n) is 8.26. The molecule has 2 aromatic carbocycles. The van der Waals surface area contributed by atoms with Crippen molar-refractivity contribution in [3.05, 3.63) is 53.6 Å². The second-order valence-electron chi connectivity index (χ2n) is 5.74. The predicted octanol–water partition coefficient (Wildman–Crippen LogP) is 2.54. The van der Waals surface area contributed by atoms with Crippen LogP contribution in [0.5, 0.6) is 17.2 Å². The molecule has 7 nitrogen and oxygen atoms in total. The molecular formula is C20H18N2O5S. The summed E-state index contributed by atoms with van der Waals surface area (Å²) in [7, 11) is 4.52. The van der Waals surface area contributed by atoms with Crippen molar-refractivity contribution in [3.63, 3.8) is 0 Å². The van der Waals surface area contributed by atoms with Crippen molar-refractivity contribution in [2.45, 2.75) is 0 Å². The zero-order valence-electron chi connectivity index (χ0n) is 15.5. The van der Waals surface area contributed by atoms with E-state index < -0.39 is 11.8 Å². The van der Waals surface area contributed by atoms with Gasteiger partial charge >= 0.3 is 0 Å². The minimum atomic E-state index is -0.579. The molecule has 0 aliphatic carbocycles. The summed E-state index contributed by atoms with van der Waals surface area (Å²) in [5.41, 5.74) is 0.915. The first-order chi connectivity index (χ1) is 13.5. The van der Waals surface area contributed by atoms with E-state index in [1.165, 1.54) is 32.3 Å². The van der Waals surface area contributed by atoms with Gasteiger partial charge in [0.2, 0.25) is 0 Å². The molecule has 144 valence electrons. The number of ether oxygens (including phenoxy) is 3. The molecule has 1 aliphatic heterocycles. The summed E-state index contributed by atoms with van der Waals surface area (Å²) in [5, 5.41) is 2.52. The molecule has 0 radical (unpaired) electrons. The Labute approximate surface area is 167 Å². The van der Waals surface area contributed by atoms with Gasteiger partial charge < -0.3 is 14.2 Å². The maximum absolute atomic E-state index is 13.2. The first-order valence-corrected chi connectivity index (χ1v) is 8.67. The van der Waals surface area contributed by atoms with Crippen LogP contribution in [0, 0.1) is 0 Å². The van der Waals surface area contributed by atoms with Gasteiger partial charge in [0, 0.05) is 11.6 Å².